The molecule has 3 rings (SSSR count). The van der Waals surface area contributed by atoms with Crippen LogP contribution in [0.15, 0.2) is 15.0 Å². The van der Waals surface area contributed by atoms with Gasteiger partial charge in [-0.25, -0.2) is 4.98 Å². The summed E-state index contributed by atoms with van der Waals surface area (Å²) in [6.07, 6.45) is 3.19. The van der Waals surface area contributed by atoms with Gasteiger partial charge in [0.2, 0.25) is 5.95 Å². The van der Waals surface area contributed by atoms with E-state index < -0.39 is 0 Å². The van der Waals surface area contributed by atoms with Gasteiger partial charge in [0.25, 0.3) is 0 Å². The fraction of sp³-hybridized carbons (Fsp3) is 0.588. The summed E-state index contributed by atoms with van der Waals surface area (Å²) in [5.41, 5.74) is 1.19. The van der Waals surface area contributed by atoms with Gasteiger partial charge in [-0.3, -0.25) is 10.1 Å². The lowest BCUT2D eigenvalue weighted by atomic mass is 10.1. The minimum atomic E-state index is -0.372. The minimum absolute atomic E-state index is 0.00228. The highest BCUT2D eigenvalue weighted by Gasteiger charge is 2.27. The van der Waals surface area contributed by atoms with Crippen molar-refractivity contribution in [3.63, 3.8) is 0 Å². The van der Waals surface area contributed by atoms with Gasteiger partial charge in [0.1, 0.15) is 4.47 Å². The number of hydrogen-bond donors (Lipinski definition) is 2. The third-order valence-corrected chi connectivity index (χ3v) is 6.51. The number of nitrogens with one attached hydrogen (secondary N) is 2. The second-order valence-corrected chi connectivity index (χ2v) is 8.76. The van der Waals surface area contributed by atoms with E-state index in [-0.39, 0.29) is 10.6 Å². The summed E-state index contributed by atoms with van der Waals surface area (Å²) in [6.45, 7) is 7.02. The van der Waals surface area contributed by atoms with Gasteiger partial charge in [-0.15, -0.1) is 0 Å². The van der Waals surface area contributed by atoms with Crippen molar-refractivity contribution in [3.8, 4) is 0 Å². The standard InChI is InChI=1S/C17H23Br2N5O2/c1-10(2)9-23-13-8-12(18)14(19)16(24(25)26)15(13)22-17(23)21-11-4-3-6-20-7-5-11/h8,10-11,20H,3-7,9H2,1-2H3,(H,21,22). The first-order valence-electron chi connectivity index (χ1n) is 8.88. The van der Waals surface area contributed by atoms with E-state index in [2.05, 4.69) is 65.9 Å². The van der Waals surface area contributed by atoms with Crippen LogP contribution in [0.25, 0.3) is 11.0 Å². The number of fused-ring (bicyclic) bond motifs is 1. The summed E-state index contributed by atoms with van der Waals surface area (Å²) in [5.74, 6) is 1.11. The van der Waals surface area contributed by atoms with Crippen molar-refractivity contribution in [1.29, 1.82) is 0 Å². The summed E-state index contributed by atoms with van der Waals surface area (Å²) in [6, 6.07) is 2.22. The highest BCUT2D eigenvalue weighted by atomic mass is 79.9. The number of nitrogens with zero attached hydrogens (tertiary/aromatic N) is 3. The Balaban J connectivity index is 2.11. The SMILES string of the molecule is CC(C)Cn1c(NC2CCCNCC2)nc2c([N+](=O)[O-])c(Br)c(Br)cc21. The van der Waals surface area contributed by atoms with Crippen molar-refractivity contribution in [1.82, 2.24) is 14.9 Å². The first-order valence-corrected chi connectivity index (χ1v) is 10.5. The fourth-order valence-electron chi connectivity index (χ4n) is 3.36. The van der Waals surface area contributed by atoms with E-state index in [1.165, 1.54) is 0 Å². The molecule has 0 spiro atoms. The molecule has 1 aliphatic rings. The van der Waals surface area contributed by atoms with Gasteiger partial charge in [0.05, 0.1) is 10.4 Å². The molecule has 1 aliphatic heterocycles. The second kappa shape index (κ2) is 8.22. The summed E-state index contributed by atoms with van der Waals surface area (Å²) in [7, 11) is 0. The number of benzene rings is 1. The number of nitro benzene ring substituents is 1. The van der Waals surface area contributed by atoms with Crippen molar-refractivity contribution in [3.05, 3.63) is 25.1 Å². The minimum Gasteiger partial charge on any atom is -0.353 e. The summed E-state index contributed by atoms with van der Waals surface area (Å²) in [5, 5.41) is 18.6. The van der Waals surface area contributed by atoms with E-state index in [4.69, 9.17) is 0 Å². The molecule has 1 unspecified atom stereocenters. The Morgan fingerprint density at radius 1 is 1.42 bits per heavy atom. The van der Waals surface area contributed by atoms with Crippen molar-refractivity contribution in [2.75, 3.05) is 18.4 Å². The zero-order chi connectivity index (χ0) is 18.8. The summed E-state index contributed by atoms with van der Waals surface area (Å²) < 4.78 is 3.16. The van der Waals surface area contributed by atoms with E-state index in [0.717, 1.165) is 44.4 Å². The molecule has 0 radical (unpaired) electrons. The van der Waals surface area contributed by atoms with E-state index in [1.807, 2.05) is 6.07 Å². The maximum absolute atomic E-state index is 11.6. The Hall–Kier alpha value is -1.19. The lowest BCUT2D eigenvalue weighted by Crippen LogP contribution is -2.24. The molecule has 7 nitrogen and oxygen atoms in total. The first-order chi connectivity index (χ1) is 12.4. The maximum atomic E-state index is 11.6. The van der Waals surface area contributed by atoms with Crippen LogP contribution in [0.1, 0.15) is 33.1 Å². The molecule has 2 N–H and O–H groups in total. The molecule has 1 fully saturated rings. The summed E-state index contributed by atoms with van der Waals surface area (Å²) in [4.78, 5) is 15.9. The van der Waals surface area contributed by atoms with Crippen LogP contribution in [0.3, 0.4) is 0 Å². The van der Waals surface area contributed by atoms with Gasteiger partial charge in [0.15, 0.2) is 5.52 Å². The quantitative estimate of drug-likeness (QED) is 0.471. The number of aromatic nitrogens is 2. The molecule has 1 atom stereocenters. The molecule has 1 aromatic heterocycles. The average Bonchev–Trinajstić information content (AvgIpc) is 2.75. The van der Waals surface area contributed by atoms with E-state index in [9.17, 15) is 10.1 Å². The van der Waals surface area contributed by atoms with Crippen molar-refractivity contribution in [2.45, 2.75) is 45.7 Å². The zero-order valence-corrected chi connectivity index (χ0v) is 18.1. The lowest BCUT2D eigenvalue weighted by molar-refractivity contribution is -0.384. The number of halogens is 2. The van der Waals surface area contributed by atoms with Gasteiger partial charge >= 0.3 is 5.69 Å². The molecule has 0 aliphatic carbocycles. The molecule has 1 aromatic carbocycles. The highest BCUT2D eigenvalue weighted by molar-refractivity contribution is 9.13. The van der Waals surface area contributed by atoms with Crippen LogP contribution in [-0.4, -0.2) is 33.6 Å². The number of rotatable bonds is 5. The molecule has 26 heavy (non-hydrogen) atoms. The van der Waals surface area contributed by atoms with Crippen LogP contribution in [0, 0.1) is 16.0 Å². The normalized spacial score (nSPS) is 18.3. The van der Waals surface area contributed by atoms with Gasteiger partial charge in [-0.1, -0.05) is 13.8 Å². The molecule has 1 saturated heterocycles. The second-order valence-electron chi connectivity index (χ2n) is 7.11. The topological polar surface area (TPSA) is 85.0 Å². The van der Waals surface area contributed by atoms with Crippen LogP contribution in [0.2, 0.25) is 0 Å². The Kier molecular flexibility index (Phi) is 6.19. The van der Waals surface area contributed by atoms with Crippen molar-refractivity contribution < 1.29 is 4.92 Å². The Morgan fingerprint density at radius 3 is 2.88 bits per heavy atom. The largest absolute Gasteiger partial charge is 0.353 e. The lowest BCUT2D eigenvalue weighted by Gasteiger charge is -2.19. The van der Waals surface area contributed by atoms with Gasteiger partial charge in [-0.2, -0.15) is 0 Å². The average molecular weight is 489 g/mol. The molecule has 2 heterocycles. The van der Waals surface area contributed by atoms with Crippen LogP contribution >= 0.6 is 31.9 Å². The van der Waals surface area contributed by atoms with Crippen molar-refractivity contribution in [2.24, 2.45) is 5.92 Å². The molecule has 142 valence electrons. The monoisotopic (exact) mass is 487 g/mol. The number of hydrogen-bond acceptors (Lipinski definition) is 5. The van der Waals surface area contributed by atoms with Crippen LogP contribution in [-0.2, 0) is 6.54 Å². The number of nitro groups is 1. The number of anilines is 1. The van der Waals surface area contributed by atoms with Gasteiger partial charge in [0, 0.05) is 17.1 Å². The van der Waals surface area contributed by atoms with Crippen molar-refractivity contribution >= 4 is 54.5 Å². The highest BCUT2D eigenvalue weighted by Crippen LogP contribution is 2.40. The third kappa shape index (κ3) is 4.04. The molecular weight excluding hydrogens is 466 g/mol. The zero-order valence-electron chi connectivity index (χ0n) is 14.9. The predicted molar refractivity (Wildman–Crippen MR) is 111 cm³/mol. The van der Waals surface area contributed by atoms with E-state index >= 15 is 0 Å². The molecule has 0 saturated carbocycles. The Morgan fingerprint density at radius 2 is 2.19 bits per heavy atom. The molecule has 0 bridgehead atoms. The summed E-state index contributed by atoms with van der Waals surface area (Å²) >= 11 is 6.76. The number of imidazole rings is 1. The smallest absolute Gasteiger partial charge is 0.312 e. The van der Waals surface area contributed by atoms with E-state index in [1.54, 1.807) is 0 Å². The Bertz CT molecular complexity index is 813. The van der Waals surface area contributed by atoms with E-state index in [0.29, 0.717) is 32.4 Å². The van der Waals surface area contributed by atoms with Crippen LogP contribution in [0.5, 0.6) is 0 Å². The van der Waals surface area contributed by atoms with Crippen LogP contribution in [0.4, 0.5) is 11.6 Å². The van der Waals surface area contributed by atoms with Crippen LogP contribution < -0.4 is 10.6 Å². The molecule has 9 heteroatoms. The molecule has 0 amide bonds. The molecular formula is C17H23Br2N5O2. The Labute approximate surface area is 169 Å². The van der Waals surface area contributed by atoms with Gasteiger partial charge in [-0.05, 0) is 76.2 Å². The van der Waals surface area contributed by atoms with Gasteiger partial charge < -0.3 is 15.2 Å². The fourth-order valence-corrected chi connectivity index (χ4v) is 4.21. The third-order valence-electron chi connectivity index (χ3n) is 4.55. The predicted octanol–water partition coefficient (Wildman–Crippen LogP) is 4.68. The first kappa shape index (κ1) is 19.6. The molecule has 2 aromatic rings. The maximum Gasteiger partial charge on any atom is 0.312 e.